The second-order valence-corrected chi connectivity index (χ2v) is 6.71. The molecule has 0 unspecified atom stereocenters. The Bertz CT molecular complexity index is 899. The van der Waals surface area contributed by atoms with E-state index in [1.807, 2.05) is 36.5 Å². The van der Waals surface area contributed by atoms with Crippen LogP contribution in [0.1, 0.15) is 23.5 Å². The van der Waals surface area contributed by atoms with E-state index in [1.54, 1.807) is 19.5 Å². The van der Waals surface area contributed by atoms with Gasteiger partial charge in [0, 0.05) is 49.8 Å². The van der Waals surface area contributed by atoms with Crippen LogP contribution in [0.3, 0.4) is 0 Å². The van der Waals surface area contributed by atoms with Crippen LogP contribution in [-0.4, -0.2) is 44.8 Å². The first-order valence-corrected chi connectivity index (χ1v) is 9.25. The molecule has 0 amide bonds. The van der Waals surface area contributed by atoms with E-state index in [4.69, 9.17) is 17.0 Å². The van der Waals surface area contributed by atoms with Gasteiger partial charge < -0.3 is 19.5 Å². The zero-order valence-electron chi connectivity index (χ0n) is 15.0. The third-order valence-electron chi connectivity index (χ3n) is 4.76. The molecule has 4 heterocycles. The molecular formula is C20H21N5OS. The van der Waals surface area contributed by atoms with Crippen LogP contribution in [0.5, 0.6) is 0 Å². The smallest absolute Gasteiger partial charge is 0.170 e. The third-order valence-corrected chi connectivity index (χ3v) is 5.11. The zero-order chi connectivity index (χ0) is 18.6. The van der Waals surface area contributed by atoms with Gasteiger partial charge in [0.15, 0.2) is 5.11 Å². The monoisotopic (exact) mass is 379 g/mol. The van der Waals surface area contributed by atoms with Crippen LogP contribution < -0.4 is 5.32 Å². The maximum absolute atomic E-state index is 5.65. The highest BCUT2D eigenvalue weighted by atomic mass is 32.1. The topological polar surface area (TPSA) is 55.2 Å². The van der Waals surface area contributed by atoms with Crippen LogP contribution in [0.15, 0.2) is 67.3 Å². The minimum Gasteiger partial charge on any atom is -0.383 e. The minimum absolute atomic E-state index is 0.00529. The number of aromatic nitrogens is 3. The lowest BCUT2D eigenvalue weighted by molar-refractivity contribution is 0.163. The lowest BCUT2D eigenvalue weighted by Crippen LogP contribution is -2.33. The molecule has 0 aromatic carbocycles. The summed E-state index contributed by atoms with van der Waals surface area (Å²) in [6, 6.07) is 14.1. The predicted molar refractivity (Wildman–Crippen MR) is 108 cm³/mol. The summed E-state index contributed by atoms with van der Waals surface area (Å²) in [6.45, 7) is 1.31. The quantitative estimate of drug-likeness (QED) is 0.665. The van der Waals surface area contributed by atoms with Crippen LogP contribution >= 0.6 is 12.2 Å². The summed E-state index contributed by atoms with van der Waals surface area (Å²) in [6.07, 6.45) is 7.48. The van der Waals surface area contributed by atoms with E-state index in [2.05, 4.69) is 43.1 Å². The molecule has 1 aliphatic rings. The summed E-state index contributed by atoms with van der Waals surface area (Å²) in [4.78, 5) is 10.9. The highest BCUT2D eigenvalue weighted by molar-refractivity contribution is 7.80. The molecule has 6 nitrogen and oxygen atoms in total. The lowest BCUT2D eigenvalue weighted by atomic mass is 10.0. The first kappa shape index (κ1) is 17.6. The normalized spacial score (nSPS) is 19.3. The van der Waals surface area contributed by atoms with E-state index < -0.39 is 0 Å². The number of nitrogens with one attached hydrogen (secondary N) is 1. The van der Waals surface area contributed by atoms with Crippen LogP contribution in [0.2, 0.25) is 0 Å². The van der Waals surface area contributed by atoms with Gasteiger partial charge in [-0.3, -0.25) is 9.97 Å². The van der Waals surface area contributed by atoms with Gasteiger partial charge in [0.25, 0.3) is 0 Å². The molecule has 1 N–H and O–H groups in total. The number of hydrogen-bond acceptors (Lipinski definition) is 4. The second kappa shape index (κ2) is 7.85. The number of rotatable bonds is 6. The van der Waals surface area contributed by atoms with E-state index >= 15 is 0 Å². The molecule has 3 aromatic heterocycles. The van der Waals surface area contributed by atoms with Crippen molar-refractivity contribution in [2.45, 2.75) is 12.1 Å². The van der Waals surface area contributed by atoms with Gasteiger partial charge in [-0.1, -0.05) is 6.07 Å². The van der Waals surface area contributed by atoms with Crippen LogP contribution in [0.25, 0.3) is 5.69 Å². The molecule has 0 radical (unpaired) electrons. The Morgan fingerprint density at radius 3 is 2.70 bits per heavy atom. The highest BCUT2D eigenvalue weighted by Gasteiger charge is 2.40. The Kier molecular flexibility index (Phi) is 5.13. The molecule has 27 heavy (non-hydrogen) atoms. The maximum Gasteiger partial charge on any atom is 0.170 e. The fourth-order valence-corrected chi connectivity index (χ4v) is 3.86. The van der Waals surface area contributed by atoms with Crippen molar-refractivity contribution in [2.75, 3.05) is 20.3 Å². The van der Waals surface area contributed by atoms with Crippen molar-refractivity contribution in [2.24, 2.45) is 0 Å². The van der Waals surface area contributed by atoms with Crippen molar-refractivity contribution in [1.82, 2.24) is 24.8 Å². The standard InChI is InChI=1S/C20H21N5OS/c1-26-14-13-25-19(18(23-20(25)27)16-5-2-3-9-22-16)17-6-4-12-24(17)15-7-10-21-11-8-15/h2-12,18-19H,13-14H2,1H3,(H,23,27)/t18-,19-/m1/s1. The molecule has 0 spiro atoms. The van der Waals surface area contributed by atoms with Crippen molar-refractivity contribution >= 4 is 17.3 Å². The van der Waals surface area contributed by atoms with Crippen LogP contribution in [-0.2, 0) is 4.74 Å². The Morgan fingerprint density at radius 2 is 1.96 bits per heavy atom. The summed E-state index contributed by atoms with van der Waals surface area (Å²) in [7, 11) is 1.71. The lowest BCUT2D eigenvalue weighted by Gasteiger charge is -2.28. The molecule has 3 aromatic rings. The van der Waals surface area contributed by atoms with Gasteiger partial charge in [0.2, 0.25) is 0 Å². The number of methoxy groups -OCH3 is 1. The molecule has 0 bridgehead atoms. The molecule has 7 heteroatoms. The third kappa shape index (κ3) is 3.43. The Balaban J connectivity index is 1.78. The zero-order valence-corrected chi connectivity index (χ0v) is 15.8. The fourth-order valence-electron chi connectivity index (χ4n) is 3.53. The van der Waals surface area contributed by atoms with E-state index in [0.29, 0.717) is 13.2 Å². The molecule has 4 rings (SSSR count). The van der Waals surface area contributed by atoms with Crippen LogP contribution in [0, 0.1) is 0 Å². The first-order valence-electron chi connectivity index (χ1n) is 8.84. The fraction of sp³-hybridized carbons (Fsp3) is 0.250. The summed E-state index contributed by atoms with van der Waals surface area (Å²) in [5.74, 6) is 0. The number of ether oxygens (including phenoxy) is 1. The largest absolute Gasteiger partial charge is 0.383 e. The van der Waals surface area contributed by atoms with Crippen molar-refractivity contribution in [3.05, 3.63) is 78.6 Å². The predicted octanol–water partition coefficient (Wildman–Crippen LogP) is 2.89. The van der Waals surface area contributed by atoms with Crippen molar-refractivity contribution < 1.29 is 4.74 Å². The van der Waals surface area contributed by atoms with Gasteiger partial charge in [-0.05, 0) is 48.6 Å². The minimum atomic E-state index is -0.0361. The van der Waals surface area contributed by atoms with Gasteiger partial charge in [-0.15, -0.1) is 0 Å². The maximum atomic E-state index is 5.65. The first-order chi connectivity index (χ1) is 13.3. The molecule has 0 aliphatic carbocycles. The van der Waals surface area contributed by atoms with E-state index in [9.17, 15) is 0 Å². The van der Waals surface area contributed by atoms with E-state index in [1.165, 1.54) is 0 Å². The van der Waals surface area contributed by atoms with Crippen molar-refractivity contribution in [1.29, 1.82) is 0 Å². The van der Waals surface area contributed by atoms with Gasteiger partial charge >= 0.3 is 0 Å². The molecule has 1 saturated heterocycles. The highest BCUT2D eigenvalue weighted by Crippen LogP contribution is 2.39. The van der Waals surface area contributed by atoms with Crippen molar-refractivity contribution in [3.8, 4) is 5.69 Å². The molecule has 2 atom stereocenters. The molecule has 138 valence electrons. The SMILES string of the molecule is COCCN1C(=S)N[C@H](c2ccccn2)[C@H]1c1cccn1-c1ccncc1. The number of hydrogen-bond donors (Lipinski definition) is 1. The molecule has 0 saturated carbocycles. The van der Waals surface area contributed by atoms with E-state index in [-0.39, 0.29) is 12.1 Å². The summed E-state index contributed by atoms with van der Waals surface area (Å²) in [5, 5.41) is 4.18. The van der Waals surface area contributed by atoms with Gasteiger partial charge in [0.05, 0.1) is 24.4 Å². The van der Waals surface area contributed by atoms with Crippen molar-refractivity contribution in [3.63, 3.8) is 0 Å². The number of nitrogens with zero attached hydrogens (tertiary/aromatic N) is 4. The Labute approximate surface area is 163 Å². The van der Waals surface area contributed by atoms with E-state index in [0.717, 1.165) is 22.2 Å². The number of pyridine rings is 2. The number of thiocarbonyl (C=S) groups is 1. The Hall–Kier alpha value is -2.77. The van der Waals surface area contributed by atoms with Gasteiger partial charge in [-0.2, -0.15) is 0 Å². The molecular weight excluding hydrogens is 358 g/mol. The molecule has 1 aliphatic heterocycles. The average Bonchev–Trinajstić information content (AvgIpc) is 3.32. The van der Waals surface area contributed by atoms with Crippen LogP contribution in [0.4, 0.5) is 0 Å². The summed E-state index contributed by atoms with van der Waals surface area (Å²) in [5.41, 5.74) is 3.17. The summed E-state index contributed by atoms with van der Waals surface area (Å²) < 4.78 is 7.49. The average molecular weight is 379 g/mol. The van der Waals surface area contributed by atoms with Gasteiger partial charge in [0.1, 0.15) is 0 Å². The van der Waals surface area contributed by atoms with Gasteiger partial charge in [-0.25, -0.2) is 0 Å². The second-order valence-electron chi connectivity index (χ2n) is 6.32. The Morgan fingerprint density at radius 1 is 1.11 bits per heavy atom. The summed E-state index contributed by atoms with van der Waals surface area (Å²) >= 11 is 5.65. The molecule has 1 fully saturated rings.